The molecule has 0 saturated carbocycles. The van der Waals surface area contributed by atoms with Gasteiger partial charge >= 0.3 is 5.97 Å². The van der Waals surface area contributed by atoms with Gasteiger partial charge in [0.05, 0.1) is 28.8 Å². The predicted molar refractivity (Wildman–Crippen MR) is 145 cm³/mol. The molecule has 0 aliphatic carbocycles. The first kappa shape index (κ1) is 25.1. The van der Waals surface area contributed by atoms with Gasteiger partial charge in [-0.3, -0.25) is 5.32 Å². The van der Waals surface area contributed by atoms with Gasteiger partial charge in [0.2, 0.25) is 5.95 Å². The lowest BCUT2D eigenvalue weighted by molar-refractivity contribution is 0.0528. The van der Waals surface area contributed by atoms with E-state index in [1.807, 2.05) is 42.5 Å². The Hall–Kier alpha value is -2.98. The van der Waals surface area contributed by atoms with Crippen LogP contribution in [0.1, 0.15) is 33.3 Å². The summed E-state index contributed by atoms with van der Waals surface area (Å²) in [5.74, 6) is -0.0845. The molecule has 0 aliphatic heterocycles. The quantitative estimate of drug-likeness (QED) is 0.199. The molecule has 2 heterocycles. The Labute approximate surface area is 222 Å². The van der Waals surface area contributed by atoms with E-state index >= 15 is 0 Å². The number of anilines is 2. The summed E-state index contributed by atoms with van der Waals surface area (Å²) in [7, 11) is 0. The topological polar surface area (TPSA) is 81.1 Å². The lowest BCUT2D eigenvalue weighted by Gasteiger charge is -2.08. The monoisotopic (exact) mass is 545 g/mol. The first-order valence-corrected chi connectivity index (χ1v) is 12.6. The van der Waals surface area contributed by atoms with Crippen molar-refractivity contribution in [2.24, 2.45) is 0 Å². The van der Waals surface area contributed by atoms with E-state index in [1.54, 1.807) is 30.1 Å². The van der Waals surface area contributed by atoms with Crippen molar-refractivity contribution in [2.75, 3.05) is 17.2 Å². The second kappa shape index (κ2) is 11.6. The summed E-state index contributed by atoms with van der Waals surface area (Å²) in [5, 5.41) is 12.3. The van der Waals surface area contributed by atoms with Gasteiger partial charge in [-0.05, 0) is 48.5 Å². The van der Waals surface area contributed by atoms with Crippen LogP contribution in [0.5, 0.6) is 0 Å². The molecule has 180 valence electrons. The molecule has 4 aromatic rings. The molecule has 2 aromatic carbocycles. The highest BCUT2D eigenvalue weighted by molar-refractivity contribution is 7.80. The number of hydrogen-bond donors (Lipinski definition) is 2. The standard InChI is InChI=1S/C24H21Cl2N5O2S2/c1-2-33-22(32)18-12-17(10-15-6-4-3-5-7-15)35-21(18)28-24(34)29-23-27-14-31(30-23)13-16-8-9-19(25)20(26)11-16/h3-9,11-12,14H,2,10,13H2,1H3,(H2,28,29,30,34). The summed E-state index contributed by atoms with van der Waals surface area (Å²) in [6, 6.07) is 17.3. The van der Waals surface area contributed by atoms with E-state index in [2.05, 4.69) is 20.7 Å². The normalized spacial score (nSPS) is 10.7. The van der Waals surface area contributed by atoms with Gasteiger partial charge in [-0.2, -0.15) is 0 Å². The number of benzene rings is 2. The minimum atomic E-state index is -0.405. The van der Waals surface area contributed by atoms with Crippen molar-refractivity contribution in [2.45, 2.75) is 19.9 Å². The summed E-state index contributed by atoms with van der Waals surface area (Å²) >= 11 is 19.0. The Bertz CT molecular complexity index is 1340. The number of halogens is 2. The van der Waals surface area contributed by atoms with Gasteiger partial charge in [0.15, 0.2) is 5.11 Å². The molecule has 11 heteroatoms. The molecule has 0 saturated heterocycles. The molecule has 0 amide bonds. The van der Waals surface area contributed by atoms with Crippen molar-refractivity contribution in [3.63, 3.8) is 0 Å². The van der Waals surface area contributed by atoms with E-state index in [9.17, 15) is 4.79 Å². The fourth-order valence-corrected chi connectivity index (χ4v) is 4.93. The average molecular weight is 547 g/mol. The van der Waals surface area contributed by atoms with Crippen LogP contribution in [-0.2, 0) is 17.7 Å². The maximum atomic E-state index is 12.5. The van der Waals surface area contributed by atoms with Crippen LogP contribution in [0.25, 0.3) is 0 Å². The predicted octanol–water partition coefficient (Wildman–Crippen LogP) is 6.27. The number of carbonyl (C=O) groups is 1. The molecule has 35 heavy (non-hydrogen) atoms. The van der Waals surface area contributed by atoms with E-state index in [1.165, 1.54) is 11.3 Å². The second-order valence-electron chi connectivity index (χ2n) is 7.43. The first-order chi connectivity index (χ1) is 16.9. The first-order valence-electron chi connectivity index (χ1n) is 10.7. The largest absolute Gasteiger partial charge is 0.462 e. The summed E-state index contributed by atoms with van der Waals surface area (Å²) in [4.78, 5) is 17.8. The van der Waals surface area contributed by atoms with Gasteiger partial charge in [-0.15, -0.1) is 16.4 Å². The molecule has 0 unspecified atom stereocenters. The Morgan fingerprint density at radius 2 is 1.89 bits per heavy atom. The zero-order chi connectivity index (χ0) is 24.8. The Kier molecular flexibility index (Phi) is 8.35. The van der Waals surface area contributed by atoms with Crippen LogP contribution in [-0.4, -0.2) is 32.5 Å². The van der Waals surface area contributed by atoms with Crippen molar-refractivity contribution >= 4 is 68.8 Å². The molecule has 4 rings (SSSR count). The second-order valence-corrected chi connectivity index (χ2v) is 9.79. The van der Waals surface area contributed by atoms with Gasteiger partial charge < -0.3 is 10.1 Å². The van der Waals surface area contributed by atoms with E-state index < -0.39 is 5.97 Å². The Morgan fingerprint density at radius 3 is 2.63 bits per heavy atom. The van der Waals surface area contributed by atoms with Crippen LogP contribution in [0.15, 0.2) is 60.9 Å². The number of thiocarbonyl (C=S) groups is 1. The van der Waals surface area contributed by atoms with Crippen molar-refractivity contribution in [3.05, 3.63) is 92.5 Å². The lowest BCUT2D eigenvalue weighted by atomic mass is 10.1. The summed E-state index contributed by atoms with van der Waals surface area (Å²) in [6.45, 7) is 2.52. The molecule has 2 aromatic heterocycles. The number of ether oxygens (including phenoxy) is 1. The Morgan fingerprint density at radius 1 is 1.09 bits per heavy atom. The van der Waals surface area contributed by atoms with Crippen molar-refractivity contribution in [1.29, 1.82) is 0 Å². The number of aromatic nitrogens is 3. The molecule has 0 fully saturated rings. The third kappa shape index (κ3) is 6.79. The molecule has 0 bridgehead atoms. The number of rotatable bonds is 8. The van der Waals surface area contributed by atoms with Crippen LogP contribution in [0, 0.1) is 0 Å². The lowest BCUT2D eigenvalue weighted by Crippen LogP contribution is -2.21. The van der Waals surface area contributed by atoms with E-state index in [0.717, 1.165) is 16.0 Å². The molecule has 0 atom stereocenters. The van der Waals surface area contributed by atoms with Crippen molar-refractivity contribution in [3.8, 4) is 0 Å². The average Bonchev–Trinajstić information content (AvgIpc) is 3.43. The fourth-order valence-electron chi connectivity index (χ4n) is 3.27. The number of nitrogens with zero attached hydrogens (tertiary/aromatic N) is 3. The molecule has 0 radical (unpaired) electrons. The van der Waals surface area contributed by atoms with Gasteiger partial charge in [-0.1, -0.05) is 59.6 Å². The van der Waals surface area contributed by atoms with Gasteiger partial charge in [0.1, 0.15) is 11.3 Å². The fraction of sp³-hybridized carbons (Fsp3) is 0.167. The van der Waals surface area contributed by atoms with Crippen LogP contribution >= 0.6 is 46.8 Å². The maximum absolute atomic E-state index is 12.5. The number of nitrogens with one attached hydrogen (secondary N) is 2. The third-order valence-electron chi connectivity index (χ3n) is 4.82. The minimum absolute atomic E-state index is 0.260. The van der Waals surface area contributed by atoms with Gasteiger partial charge in [0, 0.05) is 11.3 Å². The summed E-state index contributed by atoms with van der Waals surface area (Å²) < 4.78 is 6.88. The van der Waals surface area contributed by atoms with E-state index in [0.29, 0.717) is 39.5 Å². The van der Waals surface area contributed by atoms with Crippen molar-refractivity contribution in [1.82, 2.24) is 14.8 Å². The molecular formula is C24H21Cl2N5O2S2. The number of thiophene rings is 1. The molecule has 0 aliphatic rings. The van der Waals surface area contributed by atoms with Crippen LogP contribution < -0.4 is 10.6 Å². The Balaban J connectivity index is 1.44. The molecular weight excluding hydrogens is 525 g/mol. The highest BCUT2D eigenvalue weighted by atomic mass is 35.5. The number of esters is 1. The van der Waals surface area contributed by atoms with Gasteiger partial charge in [-0.25, -0.2) is 14.5 Å². The van der Waals surface area contributed by atoms with Gasteiger partial charge in [0.25, 0.3) is 0 Å². The van der Waals surface area contributed by atoms with E-state index in [-0.39, 0.29) is 11.7 Å². The highest BCUT2D eigenvalue weighted by Crippen LogP contribution is 2.31. The highest BCUT2D eigenvalue weighted by Gasteiger charge is 2.19. The summed E-state index contributed by atoms with van der Waals surface area (Å²) in [6.07, 6.45) is 2.28. The zero-order valence-corrected chi connectivity index (χ0v) is 21.8. The molecule has 7 nitrogen and oxygen atoms in total. The van der Waals surface area contributed by atoms with Crippen molar-refractivity contribution < 1.29 is 9.53 Å². The van der Waals surface area contributed by atoms with E-state index in [4.69, 9.17) is 40.2 Å². The molecule has 0 spiro atoms. The van der Waals surface area contributed by atoms with Crippen LogP contribution in [0.2, 0.25) is 10.0 Å². The minimum Gasteiger partial charge on any atom is -0.462 e. The molecule has 2 N–H and O–H groups in total. The SMILES string of the molecule is CCOC(=O)c1cc(Cc2ccccc2)sc1NC(=S)Nc1ncn(Cc2ccc(Cl)c(Cl)c2)n1. The zero-order valence-electron chi connectivity index (χ0n) is 18.6. The maximum Gasteiger partial charge on any atom is 0.341 e. The third-order valence-corrected chi connectivity index (χ3v) is 6.81. The van der Waals surface area contributed by atoms with Crippen LogP contribution in [0.3, 0.4) is 0 Å². The van der Waals surface area contributed by atoms with Crippen LogP contribution in [0.4, 0.5) is 10.9 Å². The number of hydrogen-bond acceptors (Lipinski definition) is 6. The summed E-state index contributed by atoms with van der Waals surface area (Å²) in [5.41, 5.74) is 2.51. The number of carbonyl (C=O) groups excluding carboxylic acids is 1. The smallest absolute Gasteiger partial charge is 0.341 e.